The van der Waals surface area contributed by atoms with Crippen molar-refractivity contribution in [1.82, 2.24) is 9.78 Å². The van der Waals surface area contributed by atoms with Crippen LogP contribution in [-0.2, 0) is 11.3 Å². The maximum absolute atomic E-state index is 10.4. The zero-order valence-electron chi connectivity index (χ0n) is 6.75. The Balaban J connectivity index is 2.58. The van der Waals surface area contributed by atoms with Crippen molar-refractivity contribution in [2.45, 2.75) is 19.9 Å². The first kappa shape index (κ1) is 9.25. The Hall–Kier alpha value is -0.840. The van der Waals surface area contributed by atoms with Gasteiger partial charge in [-0.15, -0.1) is 0 Å². The molecule has 0 radical (unpaired) electrons. The van der Waals surface area contributed by atoms with Crippen LogP contribution in [0.1, 0.15) is 12.1 Å². The van der Waals surface area contributed by atoms with Crippen LogP contribution in [0.5, 0.6) is 0 Å². The summed E-state index contributed by atoms with van der Waals surface area (Å²) in [5, 5.41) is 4.14. The lowest BCUT2D eigenvalue weighted by Gasteiger charge is -1.96. The van der Waals surface area contributed by atoms with E-state index < -0.39 is 0 Å². The summed E-state index contributed by atoms with van der Waals surface area (Å²) in [6.45, 7) is 2.44. The molecule has 5 heteroatoms. The first-order valence-electron chi connectivity index (χ1n) is 3.57. The second-order valence-corrected chi connectivity index (χ2v) is 3.40. The van der Waals surface area contributed by atoms with Crippen LogP contribution in [-0.4, -0.2) is 15.7 Å². The van der Waals surface area contributed by atoms with Crippen LogP contribution in [0.25, 0.3) is 0 Å². The molecule has 12 heavy (non-hydrogen) atoms. The molecule has 4 nitrogen and oxygen atoms in total. The number of hydrogen-bond donors (Lipinski definition) is 1. The average molecular weight is 232 g/mol. The van der Waals surface area contributed by atoms with Gasteiger partial charge in [-0.25, -0.2) is 0 Å². The molecule has 0 saturated carbocycles. The third kappa shape index (κ3) is 2.34. The van der Waals surface area contributed by atoms with E-state index >= 15 is 0 Å². The van der Waals surface area contributed by atoms with Gasteiger partial charge in [0.2, 0.25) is 5.91 Å². The fourth-order valence-electron chi connectivity index (χ4n) is 0.833. The molecule has 0 atom stereocenters. The average Bonchev–Trinajstić information content (AvgIpc) is 2.28. The molecule has 1 rings (SSSR count). The van der Waals surface area contributed by atoms with Crippen molar-refractivity contribution < 1.29 is 4.79 Å². The van der Waals surface area contributed by atoms with E-state index in [1.807, 2.05) is 13.1 Å². The molecule has 66 valence electrons. The molecular formula is C7H10BrN3O. The summed E-state index contributed by atoms with van der Waals surface area (Å²) in [6, 6.07) is 0. The Morgan fingerprint density at radius 1 is 1.83 bits per heavy atom. The van der Waals surface area contributed by atoms with Crippen LogP contribution < -0.4 is 5.73 Å². The van der Waals surface area contributed by atoms with Gasteiger partial charge in [0.05, 0.1) is 10.2 Å². The van der Waals surface area contributed by atoms with Gasteiger partial charge in [-0.2, -0.15) is 5.10 Å². The van der Waals surface area contributed by atoms with E-state index in [1.165, 1.54) is 0 Å². The van der Waals surface area contributed by atoms with Crippen LogP contribution >= 0.6 is 15.9 Å². The number of aromatic nitrogens is 2. The summed E-state index contributed by atoms with van der Waals surface area (Å²) < 4.78 is 2.65. The smallest absolute Gasteiger partial charge is 0.219 e. The quantitative estimate of drug-likeness (QED) is 0.838. The Bertz CT molecular complexity index is 275. The summed E-state index contributed by atoms with van der Waals surface area (Å²) in [4.78, 5) is 10.4. The molecule has 0 spiro atoms. The third-order valence-corrected chi connectivity index (χ3v) is 2.25. The van der Waals surface area contributed by atoms with Gasteiger partial charge in [0, 0.05) is 19.2 Å². The molecule has 0 unspecified atom stereocenters. The van der Waals surface area contributed by atoms with Crippen molar-refractivity contribution in [3.63, 3.8) is 0 Å². The summed E-state index contributed by atoms with van der Waals surface area (Å²) in [7, 11) is 0. The number of carbonyl (C=O) groups is 1. The topological polar surface area (TPSA) is 60.9 Å². The number of nitrogens with two attached hydrogens (primary N) is 1. The predicted molar refractivity (Wildman–Crippen MR) is 48.5 cm³/mol. The monoisotopic (exact) mass is 231 g/mol. The normalized spacial score (nSPS) is 10.2. The number of carbonyl (C=O) groups excluding carboxylic acids is 1. The molecule has 0 fully saturated rings. The highest BCUT2D eigenvalue weighted by molar-refractivity contribution is 9.10. The summed E-state index contributed by atoms with van der Waals surface area (Å²) in [5.74, 6) is -0.306. The summed E-state index contributed by atoms with van der Waals surface area (Å²) in [6.07, 6.45) is 2.16. The Labute approximate surface area is 78.9 Å². The highest BCUT2D eigenvalue weighted by atomic mass is 79.9. The minimum absolute atomic E-state index is 0.306. The lowest BCUT2D eigenvalue weighted by Crippen LogP contribution is -2.14. The summed E-state index contributed by atoms with van der Waals surface area (Å²) >= 11 is 3.32. The van der Waals surface area contributed by atoms with E-state index in [-0.39, 0.29) is 5.91 Å². The number of primary amides is 1. The zero-order chi connectivity index (χ0) is 9.14. The largest absolute Gasteiger partial charge is 0.370 e. The van der Waals surface area contributed by atoms with Gasteiger partial charge in [0.15, 0.2) is 0 Å². The molecule has 1 heterocycles. The van der Waals surface area contributed by atoms with Gasteiger partial charge in [0.25, 0.3) is 0 Å². The van der Waals surface area contributed by atoms with E-state index in [0.29, 0.717) is 13.0 Å². The van der Waals surface area contributed by atoms with E-state index in [1.54, 1.807) is 4.68 Å². The number of aryl methyl sites for hydroxylation is 2. The number of hydrogen-bond acceptors (Lipinski definition) is 2. The highest BCUT2D eigenvalue weighted by Gasteiger charge is 2.01. The number of rotatable bonds is 3. The standard InChI is InChI=1S/C7H10BrN3O/c1-5-6(8)4-11(10-5)3-2-7(9)12/h4H,2-3H2,1H3,(H2,9,12). The molecule has 2 N–H and O–H groups in total. The minimum atomic E-state index is -0.306. The van der Waals surface area contributed by atoms with Crippen molar-refractivity contribution in [2.75, 3.05) is 0 Å². The molecule has 0 aliphatic rings. The van der Waals surface area contributed by atoms with Crippen molar-refractivity contribution >= 4 is 21.8 Å². The van der Waals surface area contributed by atoms with Gasteiger partial charge >= 0.3 is 0 Å². The fourth-order valence-corrected chi connectivity index (χ4v) is 1.15. The highest BCUT2D eigenvalue weighted by Crippen LogP contribution is 2.12. The fraction of sp³-hybridized carbons (Fsp3) is 0.429. The van der Waals surface area contributed by atoms with Crippen LogP contribution in [0.15, 0.2) is 10.7 Å². The molecule has 1 aromatic heterocycles. The molecule has 1 amide bonds. The van der Waals surface area contributed by atoms with Crippen LogP contribution in [0, 0.1) is 6.92 Å². The third-order valence-electron chi connectivity index (χ3n) is 1.47. The van der Waals surface area contributed by atoms with Crippen LogP contribution in [0.3, 0.4) is 0 Å². The minimum Gasteiger partial charge on any atom is -0.370 e. The number of amides is 1. The van der Waals surface area contributed by atoms with Crippen molar-refractivity contribution in [2.24, 2.45) is 5.73 Å². The van der Waals surface area contributed by atoms with Gasteiger partial charge in [-0.1, -0.05) is 0 Å². The maximum Gasteiger partial charge on any atom is 0.219 e. The Kier molecular flexibility index (Phi) is 2.86. The van der Waals surface area contributed by atoms with Gasteiger partial charge in [-0.05, 0) is 22.9 Å². The van der Waals surface area contributed by atoms with Crippen molar-refractivity contribution in [1.29, 1.82) is 0 Å². The van der Waals surface area contributed by atoms with E-state index in [4.69, 9.17) is 5.73 Å². The maximum atomic E-state index is 10.4. The number of halogens is 1. The van der Waals surface area contributed by atoms with Crippen molar-refractivity contribution in [3.05, 3.63) is 16.4 Å². The van der Waals surface area contributed by atoms with Gasteiger partial charge in [0.1, 0.15) is 0 Å². The first-order chi connectivity index (χ1) is 5.59. The Morgan fingerprint density at radius 2 is 2.50 bits per heavy atom. The molecule has 0 aromatic carbocycles. The Morgan fingerprint density at radius 3 is 2.92 bits per heavy atom. The zero-order valence-corrected chi connectivity index (χ0v) is 8.34. The lowest BCUT2D eigenvalue weighted by atomic mass is 10.4. The molecular weight excluding hydrogens is 222 g/mol. The van der Waals surface area contributed by atoms with E-state index in [2.05, 4.69) is 21.0 Å². The molecule has 1 aromatic rings. The predicted octanol–water partition coefficient (Wildman–Crippen LogP) is 0.829. The second kappa shape index (κ2) is 3.71. The SMILES string of the molecule is Cc1nn(CCC(N)=O)cc1Br. The van der Waals surface area contributed by atoms with Crippen molar-refractivity contribution in [3.8, 4) is 0 Å². The van der Waals surface area contributed by atoms with E-state index in [0.717, 1.165) is 10.2 Å². The molecule has 0 saturated heterocycles. The van der Waals surface area contributed by atoms with Crippen LogP contribution in [0.2, 0.25) is 0 Å². The second-order valence-electron chi connectivity index (χ2n) is 2.54. The molecule has 0 bridgehead atoms. The molecule has 0 aliphatic heterocycles. The number of nitrogens with zero attached hydrogens (tertiary/aromatic N) is 2. The summed E-state index contributed by atoms with van der Waals surface area (Å²) in [5.41, 5.74) is 5.91. The molecule has 0 aliphatic carbocycles. The van der Waals surface area contributed by atoms with Gasteiger partial charge in [-0.3, -0.25) is 9.48 Å². The lowest BCUT2D eigenvalue weighted by molar-refractivity contribution is -0.118. The first-order valence-corrected chi connectivity index (χ1v) is 4.37. The van der Waals surface area contributed by atoms with Crippen LogP contribution in [0.4, 0.5) is 0 Å². The van der Waals surface area contributed by atoms with Gasteiger partial charge < -0.3 is 5.73 Å². The van der Waals surface area contributed by atoms with E-state index in [9.17, 15) is 4.79 Å².